The van der Waals surface area contributed by atoms with Gasteiger partial charge in [0.1, 0.15) is 6.61 Å². The smallest absolute Gasteiger partial charge is 0.240 e. The van der Waals surface area contributed by atoms with Gasteiger partial charge >= 0.3 is 0 Å². The van der Waals surface area contributed by atoms with Gasteiger partial charge in [0.05, 0.1) is 17.8 Å². The van der Waals surface area contributed by atoms with E-state index in [0.29, 0.717) is 33.2 Å². The topological polar surface area (TPSA) is 89.0 Å². The van der Waals surface area contributed by atoms with Crippen LogP contribution in [0.2, 0.25) is 5.02 Å². The lowest BCUT2D eigenvalue weighted by atomic mass is 10.1. The first kappa shape index (κ1) is 27.2. The van der Waals surface area contributed by atoms with Gasteiger partial charge in [-0.25, -0.2) is 5.43 Å². The molecule has 0 heterocycles. The quantitative estimate of drug-likeness (QED) is 0.224. The minimum Gasteiger partial charge on any atom is -0.493 e. The largest absolute Gasteiger partial charge is 0.493 e. The molecule has 0 unspecified atom stereocenters. The molecule has 0 saturated heterocycles. The molecule has 9 heteroatoms. The zero-order chi connectivity index (χ0) is 26.1. The fraction of sp³-hybridized carbons (Fsp3) is 0.222. The van der Waals surface area contributed by atoms with Crippen LogP contribution in [0.15, 0.2) is 64.2 Å². The molecule has 0 radical (unpaired) electrons. The average molecular weight is 573 g/mol. The van der Waals surface area contributed by atoms with Gasteiger partial charge in [0, 0.05) is 23.6 Å². The van der Waals surface area contributed by atoms with Crippen molar-refractivity contribution in [1.82, 2.24) is 5.43 Å². The number of halogens is 2. The molecule has 0 atom stereocenters. The van der Waals surface area contributed by atoms with Gasteiger partial charge in [0.2, 0.25) is 11.8 Å². The van der Waals surface area contributed by atoms with Gasteiger partial charge in [-0.05, 0) is 82.4 Å². The highest BCUT2D eigenvalue weighted by atomic mass is 79.9. The molecule has 3 aromatic rings. The van der Waals surface area contributed by atoms with Crippen LogP contribution in [0, 0.1) is 13.8 Å². The molecule has 36 heavy (non-hydrogen) atoms. The predicted molar refractivity (Wildman–Crippen MR) is 146 cm³/mol. The van der Waals surface area contributed by atoms with Crippen LogP contribution in [-0.4, -0.2) is 25.1 Å². The number of rotatable bonds is 10. The number of hydrazone groups is 1. The van der Waals surface area contributed by atoms with Gasteiger partial charge in [-0.2, -0.15) is 5.10 Å². The van der Waals surface area contributed by atoms with Crippen LogP contribution in [0.5, 0.6) is 11.5 Å². The van der Waals surface area contributed by atoms with E-state index in [9.17, 15) is 9.59 Å². The lowest BCUT2D eigenvalue weighted by Crippen LogP contribution is -2.21. The number of nitrogens with zero attached hydrogens (tertiary/aromatic N) is 1. The van der Waals surface area contributed by atoms with Gasteiger partial charge in [-0.15, -0.1) is 0 Å². The maximum absolute atomic E-state index is 12.2. The Hall–Kier alpha value is -3.36. The second kappa shape index (κ2) is 13.1. The standard InChI is InChI=1S/C27H27BrClN3O4/c1-17-5-4-6-23(18(17)2)31-25(33)11-12-26(34)32-30-15-20-13-22(28)27(24(14-20)35-3)36-16-19-7-9-21(29)10-8-19/h4-10,13-15H,11-12,16H2,1-3H3,(H,31,33)(H,32,34). The Bertz CT molecular complexity index is 1260. The monoisotopic (exact) mass is 571 g/mol. The SMILES string of the molecule is COc1cc(C=NNC(=O)CCC(=O)Nc2cccc(C)c2C)cc(Br)c1OCc1ccc(Cl)cc1. The molecule has 0 spiro atoms. The van der Waals surface area contributed by atoms with E-state index in [2.05, 4.69) is 31.8 Å². The molecule has 2 N–H and O–H groups in total. The van der Waals surface area contributed by atoms with Crippen LogP contribution in [0.1, 0.15) is 35.1 Å². The van der Waals surface area contributed by atoms with Crippen molar-refractivity contribution in [3.05, 3.63) is 86.3 Å². The minimum atomic E-state index is -0.365. The van der Waals surface area contributed by atoms with E-state index >= 15 is 0 Å². The molecule has 3 rings (SSSR count). The highest BCUT2D eigenvalue weighted by Crippen LogP contribution is 2.37. The predicted octanol–water partition coefficient (Wildman–Crippen LogP) is 6.18. The van der Waals surface area contributed by atoms with Crippen molar-refractivity contribution in [2.45, 2.75) is 33.3 Å². The van der Waals surface area contributed by atoms with Crippen molar-refractivity contribution < 1.29 is 19.1 Å². The number of methoxy groups -OCH3 is 1. The first-order chi connectivity index (χ1) is 17.3. The molecular weight excluding hydrogens is 546 g/mol. The number of amides is 2. The van der Waals surface area contributed by atoms with E-state index in [1.54, 1.807) is 31.4 Å². The molecule has 0 aromatic heterocycles. The van der Waals surface area contributed by atoms with Crippen LogP contribution >= 0.6 is 27.5 Å². The molecule has 2 amide bonds. The van der Waals surface area contributed by atoms with Crippen molar-refractivity contribution in [2.24, 2.45) is 5.10 Å². The average Bonchev–Trinajstić information content (AvgIpc) is 2.85. The Kier molecular flexibility index (Phi) is 9.90. The van der Waals surface area contributed by atoms with Crippen molar-refractivity contribution in [3.63, 3.8) is 0 Å². The maximum atomic E-state index is 12.2. The number of carbonyl (C=O) groups is 2. The molecule has 188 valence electrons. The number of hydrogen-bond donors (Lipinski definition) is 2. The number of benzene rings is 3. The third-order valence-electron chi connectivity index (χ3n) is 5.41. The lowest BCUT2D eigenvalue weighted by Gasteiger charge is -2.13. The number of hydrogen-bond acceptors (Lipinski definition) is 5. The van der Waals surface area contributed by atoms with E-state index in [1.807, 2.05) is 44.2 Å². The third-order valence-corrected chi connectivity index (χ3v) is 6.25. The zero-order valence-electron chi connectivity index (χ0n) is 20.2. The Morgan fingerprint density at radius 1 is 1.06 bits per heavy atom. The molecule has 3 aromatic carbocycles. The van der Waals surface area contributed by atoms with Crippen molar-refractivity contribution in [2.75, 3.05) is 12.4 Å². The Balaban J connectivity index is 1.52. The fourth-order valence-corrected chi connectivity index (χ4v) is 3.95. The molecule has 7 nitrogen and oxygen atoms in total. The summed E-state index contributed by atoms with van der Waals surface area (Å²) in [4.78, 5) is 24.3. The second-order valence-corrected chi connectivity index (χ2v) is 9.33. The van der Waals surface area contributed by atoms with E-state index in [1.165, 1.54) is 6.21 Å². The summed E-state index contributed by atoms with van der Waals surface area (Å²) in [6.07, 6.45) is 1.55. The Morgan fingerprint density at radius 3 is 2.50 bits per heavy atom. The lowest BCUT2D eigenvalue weighted by molar-refractivity contribution is -0.124. The molecule has 0 aliphatic carbocycles. The molecule has 0 bridgehead atoms. The second-order valence-electron chi connectivity index (χ2n) is 8.04. The third kappa shape index (κ3) is 7.83. The van der Waals surface area contributed by atoms with Crippen LogP contribution in [0.25, 0.3) is 0 Å². The summed E-state index contributed by atoms with van der Waals surface area (Å²) in [5, 5.41) is 7.49. The van der Waals surface area contributed by atoms with E-state index in [4.69, 9.17) is 21.1 Å². The van der Waals surface area contributed by atoms with Gasteiger partial charge in [-0.3, -0.25) is 9.59 Å². The molecular formula is C27H27BrClN3O4. The molecule has 0 aliphatic rings. The molecule has 0 fully saturated rings. The number of anilines is 1. The fourth-order valence-electron chi connectivity index (χ4n) is 3.25. The minimum absolute atomic E-state index is 0.0124. The van der Waals surface area contributed by atoms with Crippen molar-refractivity contribution in [1.29, 1.82) is 0 Å². The number of nitrogens with one attached hydrogen (secondary N) is 2. The highest BCUT2D eigenvalue weighted by Gasteiger charge is 2.12. The highest BCUT2D eigenvalue weighted by molar-refractivity contribution is 9.10. The summed E-state index contributed by atoms with van der Waals surface area (Å²) in [5.41, 5.74) is 6.93. The maximum Gasteiger partial charge on any atom is 0.240 e. The van der Waals surface area contributed by atoms with Crippen LogP contribution in [-0.2, 0) is 16.2 Å². The first-order valence-corrected chi connectivity index (χ1v) is 12.4. The Labute approximate surface area is 224 Å². The number of carbonyl (C=O) groups excluding carboxylic acids is 2. The Morgan fingerprint density at radius 2 is 1.78 bits per heavy atom. The van der Waals surface area contributed by atoms with Crippen LogP contribution in [0.3, 0.4) is 0 Å². The summed E-state index contributed by atoms with van der Waals surface area (Å²) < 4.78 is 12.1. The summed E-state index contributed by atoms with van der Waals surface area (Å²) >= 11 is 9.43. The summed E-state index contributed by atoms with van der Waals surface area (Å²) in [7, 11) is 1.54. The van der Waals surface area contributed by atoms with Gasteiger partial charge in [0.15, 0.2) is 11.5 Å². The summed E-state index contributed by atoms with van der Waals surface area (Å²) in [6, 6.07) is 16.6. The summed E-state index contributed by atoms with van der Waals surface area (Å²) in [5.74, 6) is 0.458. The van der Waals surface area contributed by atoms with Crippen LogP contribution in [0.4, 0.5) is 5.69 Å². The van der Waals surface area contributed by atoms with Gasteiger partial charge in [-0.1, -0.05) is 35.9 Å². The first-order valence-electron chi connectivity index (χ1n) is 11.2. The molecule has 0 aliphatic heterocycles. The summed E-state index contributed by atoms with van der Waals surface area (Å²) in [6.45, 7) is 4.26. The van der Waals surface area contributed by atoms with E-state index in [-0.39, 0.29) is 24.7 Å². The number of ether oxygens (including phenoxy) is 2. The van der Waals surface area contributed by atoms with E-state index in [0.717, 1.165) is 22.4 Å². The van der Waals surface area contributed by atoms with Gasteiger partial charge < -0.3 is 14.8 Å². The molecule has 0 saturated carbocycles. The number of aryl methyl sites for hydroxylation is 1. The zero-order valence-corrected chi connectivity index (χ0v) is 22.6. The van der Waals surface area contributed by atoms with Gasteiger partial charge in [0.25, 0.3) is 0 Å². The van der Waals surface area contributed by atoms with Crippen molar-refractivity contribution in [3.8, 4) is 11.5 Å². The van der Waals surface area contributed by atoms with E-state index < -0.39 is 0 Å². The van der Waals surface area contributed by atoms with Crippen LogP contribution < -0.4 is 20.2 Å². The van der Waals surface area contributed by atoms with Crippen molar-refractivity contribution >= 4 is 51.2 Å². The normalized spacial score (nSPS) is 10.8.